The number of ether oxygens (including phenoxy) is 2. The van der Waals surface area contributed by atoms with E-state index in [4.69, 9.17) is 9.47 Å². The van der Waals surface area contributed by atoms with Gasteiger partial charge in [0.05, 0.1) is 30.3 Å². The molecule has 0 saturated heterocycles. The first-order valence-corrected chi connectivity index (χ1v) is 7.68. The van der Waals surface area contributed by atoms with Crippen molar-refractivity contribution in [2.45, 2.75) is 0 Å². The lowest BCUT2D eigenvalue weighted by molar-refractivity contribution is 0.112. The zero-order chi connectivity index (χ0) is 15.2. The molecule has 2 aromatic rings. The third-order valence-electron chi connectivity index (χ3n) is 2.83. The van der Waals surface area contributed by atoms with Gasteiger partial charge < -0.3 is 13.8 Å². The molecule has 0 unspecified atom stereocenters. The van der Waals surface area contributed by atoms with E-state index in [0.29, 0.717) is 16.4 Å². The number of rotatable bonds is 6. The maximum Gasteiger partial charge on any atom is 0.160 e. The monoisotopic (exact) mass is 367 g/mol. The molecule has 0 bridgehead atoms. The van der Waals surface area contributed by atoms with Crippen molar-refractivity contribution < 1.29 is 14.3 Å². The van der Waals surface area contributed by atoms with Gasteiger partial charge in [0.15, 0.2) is 6.29 Å². The molecule has 0 aliphatic carbocycles. The van der Waals surface area contributed by atoms with Crippen LogP contribution in [-0.2, 0) is 0 Å². The van der Waals surface area contributed by atoms with Crippen molar-refractivity contribution >= 4 is 51.6 Å². The highest BCUT2D eigenvalue weighted by Gasteiger charge is 2.10. The second-order valence-electron chi connectivity index (χ2n) is 4.08. The Hall–Kier alpha value is -1.79. The van der Waals surface area contributed by atoms with Gasteiger partial charge in [-0.2, -0.15) is 0 Å². The number of carbonyl (C=O) groups is 1. The van der Waals surface area contributed by atoms with E-state index >= 15 is 0 Å². The lowest BCUT2D eigenvalue weighted by atomic mass is 10.1. The lowest BCUT2D eigenvalue weighted by Gasteiger charge is -2.12. The highest BCUT2D eigenvalue weighted by molar-refractivity contribution is 9.10. The standard InChI is InChI=1S/C15H14BrNO3S/c1-19-14-7-10(17-16)8-15(20-2)13(14)6-5-11-3-4-12(9-18)21-11/h3-9,17H,1-2H3/b6-5+. The van der Waals surface area contributed by atoms with Crippen molar-refractivity contribution in [3.05, 3.63) is 39.6 Å². The molecule has 0 fully saturated rings. The van der Waals surface area contributed by atoms with Crippen LogP contribution in [0.5, 0.6) is 11.5 Å². The Morgan fingerprint density at radius 1 is 1.10 bits per heavy atom. The van der Waals surface area contributed by atoms with E-state index in [1.54, 1.807) is 20.3 Å². The summed E-state index contributed by atoms with van der Waals surface area (Å²) in [4.78, 5) is 12.4. The number of methoxy groups -OCH3 is 2. The molecule has 1 heterocycles. The van der Waals surface area contributed by atoms with Crippen LogP contribution in [0.4, 0.5) is 5.69 Å². The quantitative estimate of drug-likeness (QED) is 0.604. The molecule has 0 atom stereocenters. The van der Waals surface area contributed by atoms with E-state index in [1.165, 1.54) is 11.3 Å². The number of thiophene rings is 1. The largest absolute Gasteiger partial charge is 0.496 e. The van der Waals surface area contributed by atoms with Crippen LogP contribution in [0.3, 0.4) is 0 Å². The second-order valence-corrected chi connectivity index (χ2v) is 5.62. The Kier molecular flexibility index (Phi) is 5.41. The zero-order valence-electron chi connectivity index (χ0n) is 11.6. The predicted octanol–water partition coefficient (Wildman–Crippen LogP) is 4.47. The lowest BCUT2D eigenvalue weighted by Crippen LogP contribution is -1.94. The fourth-order valence-corrected chi connectivity index (χ4v) is 2.80. The molecule has 0 saturated carbocycles. The summed E-state index contributed by atoms with van der Waals surface area (Å²) >= 11 is 4.61. The number of aldehydes is 1. The minimum Gasteiger partial charge on any atom is -0.496 e. The van der Waals surface area contributed by atoms with E-state index in [9.17, 15) is 4.79 Å². The summed E-state index contributed by atoms with van der Waals surface area (Å²) in [7, 11) is 3.22. The maximum atomic E-state index is 10.7. The number of hydrogen-bond acceptors (Lipinski definition) is 5. The average Bonchev–Trinajstić information content (AvgIpc) is 2.99. The van der Waals surface area contributed by atoms with Crippen molar-refractivity contribution in [1.29, 1.82) is 0 Å². The summed E-state index contributed by atoms with van der Waals surface area (Å²) in [6.45, 7) is 0. The fraction of sp³-hybridized carbons (Fsp3) is 0.133. The van der Waals surface area contributed by atoms with Crippen LogP contribution in [0.1, 0.15) is 20.1 Å². The van der Waals surface area contributed by atoms with Crippen LogP contribution >= 0.6 is 27.5 Å². The highest BCUT2D eigenvalue weighted by Crippen LogP contribution is 2.35. The van der Waals surface area contributed by atoms with Crippen LogP contribution in [0.25, 0.3) is 12.2 Å². The van der Waals surface area contributed by atoms with Crippen molar-refractivity contribution in [1.82, 2.24) is 0 Å². The van der Waals surface area contributed by atoms with Gasteiger partial charge in [-0.25, -0.2) is 0 Å². The van der Waals surface area contributed by atoms with Gasteiger partial charge in [-0.1, -0.05) is 0 Å². The molecule has 4 nitrogen and oxygen atoms in total. The SMILES string of the molecule is COc1cc(NBr)cc(OC)c1/C=C/c1ccc(C=O)s1. The van der Waals surface area contributed by atoms with E-state index in [-0.39, 0.29) is 0 Å². The van der Waals surface area contributed by atoms with Crippen LogP contribution < -0.4 is 13.8 Å². The van der Waals surface area contributed by atoms with Gasteiger partial charge in [0.2, 0.25) is 0 Å². The third kappa shape index (κ3) is 3.65. The van der Waals surface area contributed by atoms with E-state index in [1.807, 2.05) is 30.4 Å². The molecule has 110 valence electrons. The smallest absolute Gasteiger partial charge is 0.160 e. The van der Waals surface area contributed by atoms with Gasteiger partial charge in [0.25, 0.3) is 0 Å². The molecule has 21 heavy (non-hydrogen) atoms. The summed E-state index contributed by atoms with van der Waals surface area (Å²) in [6, 6.07) is 7.42. The van der Waals surface area contributed by atoms with Crippen molar-refractivity contribution in [3.8, 4) is 11.5 Å². The number of benzene rings is 1. The van der Waals surface area contributed by atoms with Gasteiger partial charge in [-0.3, -0.25) is 4.79 Å². The number of hydrogen-bond donors (Lipinski definition) is 1. The molecule has 1 N–H and O–H groups in total. The first kappa shape index (κ1) is 15.6. The molecule has 1 aromatic heterocycles. The average molecular weight is 368 g/mol. The summed E-state index contributed by atoms with van der Waals surface area (Å²) in [5.74, 6) is 1.39. The Labute approximate surface area is 135 Å². The maximum absolute atomic E-state index is 10.7. The Morgan fingerprint density at radius 3 is 2.19 bits per heavy atom. The number of carbonyl (C=O) groups excluding carboxylic acids is 1. The van der Waals surface area contributed by atoms with E-state index < -0.39 is 0 Å². The number of halogens is 1. The molecule has 0 amide bonds. The number of nitrogens with one attached hydrogen (secondary N) is 1. The van der Waals surface area contributed by atoms with Gasteiger partial charge in [-0.15, -0.1) is 11.3 Å². The van der Waals surface area contributed by atoms with Crippen LogP contribution in [0, 0.1) is 0 Å². The van der Waals surface area contributed by atoms with Crippen molar-refractivity contribution in [2.75, 3.05) is 18.6 Å². The van der Waals surface area contributed by atoms with Crippen LogP contribution in [0.2, 0.25) is 0 Å². The summed E-state index contributed by atoms with van der Waals surface area (Å²) in [5, 5.41) is 0. The van der Waals surface area contributed by atoms with E-state index in [2.05, 4.69) is 20.5 Å². The van der Waals surface area contributed by atoms with Crippen molar-refractivity contribution in [3.63, 3.8) is 0 Å². The number of anilines is 1. The fourth-order valence-electron chi connectivity index (χ4n) is 1.84. The molecule has 2 rings (SSSR count). The molecular weight excluding hydrogens is 354 g/mol. The summed E-state index contributed by atoms with van der Waals surface area (Å²) in [5.41, 5.74) is 1.67. The predicted molar refractivity (Wildman–Crippen MR) is 90.7 cm³/mol. The summed E-state index contributed by atoms with van der Waals surface area (Å²) < 4.78 is 13.7. The van der Waals surface area contributed by atoms with Gasteiger partial charge in [0, 0.05) is 33.2 Å². The highest BCUT2D eigenvalue weighted by atomic mass is 79.9. The molecular formula is C15H14BrNO3S. The molecule has 6 heteroatoms. The third-order valence-corrected chi connectivity index (χ3v) is 4.26. The first-order chi connectivity index (χ1) is 10.2. The van der Waals surface area contributed by atoms with E-state index in [0.717, 1.165) is 22.4 Å². The molecule has 0 radical (unpaired) electrons. The zero-order valence-corrected chi connectivity index (χ0v) is 14.0. The Morgan fingerprint density at radius 2 is 1.71 bits per heavy atom. The molecule has 0 spiro atoms. The first-order valence-electron chi connectivity index (χ1n) is 6.07. The molecule has 0 aliphatic rings. The van der Waals surface area contributed by atoms with Gasteiger partial charge in [0.1, 0.15) is 11.5 Å². The topological polar surface area (TPSA) is 47.6 Å². The Balaban J connectivity index is 2.39. The van der Waals surface area contributed by atoms with Crippen LogP contribution in [-0.4, -0.2) is 20.5 Å². The minimum atomic E-state index is 0.694. The van der Waals surface area contributed by atoms with Gasteiger partial charge in [-0.05, 0) is 24.3 Å². The van der Waals surface area contributed by atoms with Gasteiger partial charge >= 0.3 is 0 Å². The van der Waals surface area contributed by atoms with Crippen LogP contribution in [0.15, 0.2) is 24.3 Å². The summed E-state index contributed by atoms with van der Waals surface area (Å²) in [6.07, 6.45) is 4.69. The minimum absolute atomic E-state index is 0.694. The molecule has 1 aromatic carbocycles. The van der Waals surface area contributed by atoms with Crippen molar-refractivity contribution in [2.24, 2.45) is 0 Å². The second kappa shape index (κ2) is 7.28. The molecule has 0 aliphatic heterocycles. The Bertz CT molecular complexity index is 642. The normalized spacial score (nSPS) is 10.6.